The highest BCUT2D eigenvalue weighted by molar-refractivity contribution is 7.81. The summed E-state index contributed by atoms with van der Waals surface area (Å²) >= 11 is 5.66. The van der Waals surface area contributed by atoms with Gasteiger partial charge in [0.2, 0.25) is 0 Å². The summed E-state index contributed by atoms with van der Waals surface area (Å²) in [5.74, 6) is -0.343. The minimum Gasteiger partial charge on any atom is -0.354 e. The quantitative estimate of drug-likeness (QED) is 0.521. The molecule has 0 fully saturated rings. The van der Waals surface area contributed by atoms with Gasteiger partial charge in [-0.3, -0.25) is 9.59 Å². The molecule has 3 aromatic carbocycles. The Bertz CT molecular complexity index is 1230. The van der Waals surface area contributed by atoms with Crippen LogP contribution in [0.4, 0.5) is 5.69 Å². The zero-order valence-corrected chi connectivity index (χ0v) is 17.1. The summed E-state index contributed by atoms with van der Waals surface area (Å²) < 4.78 is 0. The van der Waals surface area contributed by atoms with Gasteiger partial charge in [-0.15, -0.1) is 0 Å². The van der Waals surface area contributed by atoms with Crippen LogP contribution in [0.25, 0.3) is 5.57 Å². The van der Waals surface area contributed by atoms with Gasteiger partial charge in [0, 0.05) is 29.4 Å². The zero-order valence-electron chi connectivity index (χ0n) is 16.3. The van der Waals surface area contributed by atoms with Crippen molar-refractivity contribution in [3.63, 3.8) is 0 Å². The molecule has 0 radical (unpaired) electrons. The molecule has 2 heterocycles. The Morgan fingerprint density at radius 2 is 1.50 bits per heavy atom. The van der Waals surface area contributed by atoms with Crippen LogP contribution in [0, 0.1) is 0 Å². The number of benzene rings is 3. The molecule has 0 aliphatic carbocycles. The second kappa shape index (κ2) is 6.75. The van der Waals surface area contributed by atoms with Crippen molar-refractivity contribution in [2.75, 3.05) is 11.9 Å². The van der Waals surface area contributed by atoms with Crippen LogP contribution in [0.5, 0.6) is 0 Å². The molecule has 0 unspecified atom stereocenters. The van der Waals surface area contributed by atoms with Gasteiger partial charge in [0.15, 0.2) is 11.3 Å². The number of nitrogens with zero attached hydrogens (tertiary/aromatic N) is 1. The SMILES string of the molecule is CN1C(=O)[C@]2(NC(=S)C(C(=O)c3ccccc3)=C2c2ccccc2)c2ccccc21. The lowest BCUT2D eigenvalue weighted by atomic mass is 9.79. The van der Waals surface area contributed by atoms with E-state index in [0.29, 0.717) is 21.7 Å². The van der Waals surface area contributed by atoms with Crippen molar-refractivity contribution in [2.45, 2.75) is 5.54 Å². The molecular weight excluding hydrogens is 392 g/mol. The molecule has 1 N–H and O–H groups in total. The van der Waals surface area contributed by atoms with Crippen LogP contribution in [0.1, 0.15) is 21.5 Å². The lowest BCUT2D eigenvalue weighted by Gasteiger charge is -2.27. The van der Waals surface area contributed by atoms with Gasteiger partial charge in [0.25, 0.3) is 5.91 Å². The Hall–Kier alpha value is -3.57. The summed E-state index contributed by atoms with van der Waals surface area (Å²) in [6, 6.07) is 26.2. The molecule has 3 aromatic rings. The maximum Gasteiger partial charge on any atom is 0.261 e. The predicted octanol–water partition coefficient (Wildman–Crippen LogP) is 4.13. The van der Waals surface area contributed by atoms with Crippen molar-refractivity contribution in [1.29, 1.82) is 0 Å². The average Bonchev–Trinajstić information content (AvgIpc) is 3.22. The maximum atomic E-state index is 13.7. The van der Waals surface area contributed by atoms with Gasteiger partial charge in [-0.05, 0) is 11.6 Å². The molecule has 0 bridgehead atoms. The Morgan fingerprint density at radius 1 is 0.900 bits per heavy atom. The highest BCUT2D eigenvalue weighted by Gasteiger charge is 2.58. The largest absolute Gasteiger partial charge is 0.354 e. The zero-order chi connectivity index (χ0) is 20.9. The number of rotatable bonds is 3. The number of para-hydroxylation sites is 1. The summed E-state index contributed by atoms with van der Waals surface area (Å²) in [5, 5.41) is 3.26. The second-order valence-corrected chi connectivity index (χ2v) is 7.80. The number of anilines is 1. The second-order valence-electron chi connectivity index (χ2n) is 7.40. The summed E-state index contributed by atoms with van der Waals surface area (Å²) in [6.45, 7) is 0. The summed E-state index contributed by atoms with van der Waals surface area (Å²) in [6.07, 6.45) is 0. The number of hydrogen-bond acceptors (Lipinski definition) is 3. The minimum atomic E-state index is -1.22. The van der Waals surface area contributed by atoms with Crippen LogP contribution < -0.4 is 10.2 Å². The van der Waals surface area contributed by atoms with Gasteiger partial charge >= 0.3 is 0 Å². The standard InChI is InChI=1S/C25H18N2O2S/c1-27-19-15-9-8-14-18(19)25(24(27)29)21(16-10-4-2-5-11-16)20(23(30)26-25)22(28)17-12-6-3-7-13-17/h2-15H,1H3,(H,26,30)/t25-/m0/s1. The molecule has 4 nitrogen and oxygen atoms in total. The number of carbonyl (C=O) groups excluding carboxylic acids is 2. The van der Waals surface area contributed by atoms with E-state index in [-0.39, 0.29) is 11.7 Å². The van der Waals surface area contributed by atoms with E-state index >= 15 is 0 Å². The van der Waals surface area contributed by atoms with Crippen molar-refractivity contribution in [2.24, 2.45) is 0 Å². The number of ketones is 1. The van der Waals surface area contributed by atoms with E-state index in [4.69, 9.17) is 12.2 Å². The first-order valence-corrected chi connectivity index (χ1v) is 10.1. The summed E-state index contributed by atoms with van der Waals surface area (Å²) in [5.41, 5.74) is 2.71. The topological polar surface area (TPSA) is 49.4 Å². The van der Waals surface area contributed by atoms with Crippen molar-refractivity contribution in [3.05, 3.63) is 107 Å². The van der Waals surface area contributed by atoms with Gasteiger partial charge in [-0.2, -0.15) is 0 Å². The number of thiocarbonyl (C=S) groups is 1. The molecule has 0 aromatic heterocycles. The normalized spacial score (nSPS) is 20.0. The van der Waals surface area contributed by atoms with Crippen molar-refractivity contribution in [3.8, 4) is 0 Å². The number of likely N-dealkylation sites (N-methyl/N-ethyl adjacent to an activating group) is 1. The fraction of sp³-hybridized carbons (Fsp3) is 0.0800. The third-order valence-electron chi connectivity index (χ3n) is 5.77. The molecule has 5 heteroatoms. The van der Waals surface area contributed by atoms with Crippen LogP contribution in [-0.2, 0) is 10.3 Å². The third-order valence-corrected chi connectivity index (χ3v) is 6.08. The molecule has 1 spiro atoms. The van der Waals surface area contributed by atoms with E-state index < -0.39 is 5.54 Å². The third kappa shape index (κ3) is 2.42. The Kier molecular flexibility index (Phi) is 4.15. The van der Waals surface area contributed by atoms with Crippen LogP contribution in [0.15, 0.2) is 90.5 Å². The molecule has 1 atom stereocenters. The van der Waals surface area contributed by atoms with Gasteiger partial charge in [-0.25, -0.2) is 0 Å². The maximum absolute atomic E-state index is 13.7. The molecule has 5 rings (SSSR count). The van der Waals surface area contributed by atoms with Crippen LogP contribution >= 0.6 is 12.2 Å². The molecule has 30 heavy (non-hydrogen) atoms. The first-order valence-electron chi connectivity index (χ1n) is 9.66. The molecule has 0 saturated carbocycles. The number of hydrogen-bond donors (Lipinski definition) is 1. The first-order chi connectivity index (χ1) is 14.6. The van der Waals surface area contributed by atoms with Crippen molar-refractivity contribution >= 4 is 40.2 Å². The van der Waals surface area contributed by atoms with Crippen LogP contribution in [0.2, 0.25) is 0 Å². The molecule has 2 aliphatic heterocycles. The molecule has 0 saturated heterocycles. The fourth-order valence-electron chi connectivity index (χ4n) is 4.43. The van der Waals surface area contributed by atoms with E-state index in [9.17, 15) is 9.59 Å². The molecular formula is C25H18N2O2S. The fourth-order valence-corrected chi connectivity index (χ4v) is 4.78. The van der Waals surface area contributed by atoms with Crippen molar-refractivity contribution in [1.82, 2.24) is 5.32 Å². The predicted molar refractivity (Wildman–Crippen MR) is 121 cm³/mol. The van der Waals surface area contributed by atoms with Crippen LogP contribution in [-0.4, -0.2) is 23.7 Å². The molecule has 1 amide bonds. The van der Waals surface area contributed by atoms with E-state index in [1.165, 1.54) is 0 Å². The monoisotopic (exact) mass is 410 g/mol. The Morgan fingerprint density at radius 3 is 2.20 bits per heavy atom. The van der Waals surface area contributed by atoms with E-state index in [2.05, 4.69) is 5.32 Å². The molecule has 2 aliphatic rings. The minimum absolute atomic E-state index is 0.152. The lowest BCUT2D eigenvalue weighted by Crippen LogP contribution is -2.48. The summed E-state index contributed by atoms with van der Waals surface area (Å²) in [7, 11) is 1.75. The lowest BCUT2D eigenvalue weighted by molar-refractivity contribution is -0.121. The Balaban J connectivity index is 1.84. The first kappa shape index (κ1) is 18.5. The van der Waals surface area contributed by atoms with E-state index in [1.807, 2.05) is 72.8 Å². The van der Waals surface area contributed by atoms with Gasteiger partial charge in [-0.1, -0.05) is 91.1 Å². The van der Waals surface area contributed by atoms with Crippen molar-refractivity contribution < 1.29 is 9.59 Å². The molecule has 146 valence electrons. The van der Waals surface area contributed by atoms with Gasteiger partial charge in [0.1, 0.15) is 4.99 Å². The number of nitrogens with one attached hydrogen (secondary N) is 1. The van der Waals surface area contributed by atoms with E-state index in [1.54, 1.807) is 24.1 Å². The number of fused-ring (bicyclic) bond motifs is 2. The Labute approximate surface area is 179 Å². The highest BCUT2D eigenvalue weighted by Crippen LogP contribution is 2.51. The number of Topliss-reactive ketones (excluding diaryl/α,β-unsaturated/α-hetero) is 1. The van der Waals surface area contributed by atoms with Crippen LogP contribution in [0.3, 0.4) is 0 Å². The number of carbonyl (C=O) groups is 2. The van der Waals surface area contributed by atoms with Gasteiger partial charge in [0.05, 0.1) is 5.57 Å². The summed E-state index contributed by atoms with van der Waals surface area (Å²) in [4.78, 5) is 29.2. The van der Waals surface area contributed by atoms with E-state index in [0.717, 1.165) is 16.8 Å². The average molecular weight is 410 g/mol. The highest BCUT2D eigenvalue weighted by atomic mass is 32.1. The number of amides is 1. The van der Waals surface area contributed by atoms with Gasteiger partial charge < -0.3 is 10.2 Å². The smallest absolute Gasteiger partial charge is 0.261 e.